The zero-order chi connectivity index (χ0) is 19.8. The summed E-state index contributed by atoms with van der Waals surface area (Å²) in [6.07, 6.45) is 2.53. The molecule has 0 aliphatic carbocycles. The SMILES string of the molecule is Cc1cnc(NC(=O)CN(CCCN2CCOCC2)C(=O)c2ccccc2)s1. The molecule has 2 aromatic rings. The summed E-state index contributed by atoms with van der Waals surface area (Å²) in [6.45, 7) is 6.68. The van der Waals surface area contributed by atoms with Crippen molar-refractivity contribution in [2.45, 2.75) is 13.3 Å². The van der Waals surface area contributed by atoms with Crippen LogP contribution >= 0.6 is 11.3 Å². The molecular formula is C20H26N4O3S. The fourth-order valence-corrected chi connectivity index (χ4v) is 3.75. The highest BCUT2D eigenvalue weighted by molar-refractivity contribution is 7.15. The topological polar surface area (TPSA) is 74.8 Å². The molecule has 8 heteroatoms. The van der Waals surface area contributed by atoms with Crippen LogP contribution in [0.2, 0.25) is 0 Å². The molecule has 7 nitrogen and oxygen atoms in total. The lowest BCUT2D eigenvalue weighted by atomic mass is 10.2. The number of thiazole rings is 1. The van der Waals surface area contributed by atoms with Gasteiger partial charge >= 0.3 is 0 Å². The van der Waals surface area contributed by atoms with Crippen molar-refractivity contribution in [3.8, 4) is 0 Å². The molecule has 0 unspecified atom stereocenters. The number of ether oxygens (including phenoxy) is 1. The van der Waals surface area contributed by atoms with Crippen LogP contribution in [0.4, 0.5) is 5.13 Å². The van der Waals surface area contributed by atoms with Gasteiger partial charge in [-0.15, -0.1) is 11.3 Å². The Kier molecular flexibility index (Phi) is 7.53. The van der Waals surface area contributed by atoms with E-state index in [4.69, 9.17) is 4.74 Å². The molecule has 3 rings (SSSR count). The lowest BCUT2D eigenvalue weighted by molar-refractivity contribution is -0.116. The third-order valence-corrected chi connectivity index (χ3v) is 5.34. The van der Waals surface area contributed by atoms with E-state index in [-0.39, 0.29) is 18.4 Å². The Labute approximate surface area is 169 Å². The summed E-state index contributed by atoms with van der Waals surface area (Å²) in [4.78, 5) is 34.5. The van der Waals surface area contributed by atoms with Crippen LogP contribution in [0.3, 0.4) is 0 Å². The maximum atomic E-state index is 12.9. The first-order chi connectivity index (χ1) is 13.6. The minimum Gasteiger partial charge on any atom is -0.379 e. The van der Waals surface area contributed by atoms with Gasteiger partial charge in [0.25, 0.3) is 5.91 Å². The predicted octanol–water partition coefficient (Wildman–Crippen LogP) is 2.25. The van der Waals surface area contributed by atoms with Gasteiger partial charge in [-0.2, -0.15) is 0 Å². The van der Waals surface area contributed by atoms with E-state index in [2.05, 4.69) is 15.2 Å². The van der Waals surface area contributed by atoms with Gasteiger partial charge in [-0.3, -0.25) is 14.5 Å². The number of carbonyl (C=O) groups is 2. The lowest BCUT2D eigenvalue weighted by Gasteiger charge is -2.28. The molecule has 0 saturated carbocycles. The predicted molar refractivity (Wildman–Crippen MR) is 110 cm³/mol. The Morgan fingerprint density at radius 3 is 2.68 bits per heavy atom. The summed E-state index contributed by atoms with van der Waals surface area (Å²) in [5.41, 5.74) is 0.590. The van der Waals surface area contributed by atoms with E-state index in [1.165, 1.54) is 11.3 Å². The second-order valence-corrected chi connectivity index (χ2v) is 7.96. The molecule has 2 heterocycles. The molecule has 0 spiro atoms. The van der Waals surface area contributed by atoms with Crippen LogP contribution in [-0.2, 0) is 9.53 Å². The number of nitrogens with one attached hydrogen (secondary N) is 1. The van der Waals surface area contributed by atoms with Crippen molar-refractivity contribution in [1.29, 1.82) is 0 Å². The summed E-state index contributed by atoms with van der Waals surface area (Å²) < 4.78 is 5.37. The fraction of sp³-hybridized carbons (Fsp3) is 0.450. The number of hydrogen-bond acceptors (Lipinski definition) is 6. The second-order valence-electron chi connectivity index (χ2n) is 6.72. The van der Waals surface area contributed by atoms with Crippen molar-refractivity contribution < 1.29 is 14.3 Å². The van der Waals surface area contributed by atoms with Gasteiger partial charge in [0.2, 0.25) is 5.91 Å². The number of anilines is 1. The van der Waals surface area contributed by atoms with Crippen molar-refractivity contribution in [3.63, 3.8) is 0 Å². The molecule has 1 aromatic carbocycles. The number of benzene rings is 1. The van der Waals surface area contributed by atoms with Gasteiger partial charge in [0.05, 0.1) is 13.2 Å². The Morgan fingerprint density at radius 1 is 1.25 bits per heavy atom. The average Bonchev–Trinajstić information content (AvgIpc) is 3.12. The minimum absolute atomic E-state index is 0.00939. The first kappa shape index (κ1) is 20.4. The van der Waals surface area contributed by atoms with Crippen LogP contribution in [0.25, 0.3) is 0 Å². The number of hydrogen-bond donors (Lipinski definition) is 1. The second kappa shape index (κ2) is 10.3. The Morgan fingerprint density at radius 2 is 2.00 bits per heavy atom. The van der Waals surface area contributed by atoms with Gasteiger partial charge in [0, 0.05) is 42.8 Å². The van der Waals surface area contributed by atoms with Crippen molar-refractivity contribution in [1.82, 2.24) is 14.8 Å². The van der Waals surface area contributed by atoms with E-state index in [1.807, 2.05) is 25.1 Å². The van der Waals surface area contributed by atoms with E-state index < -0.39 is 0 Å². The molecule has 0 radical (unpaired) electrons. The van der Waals surface area contributed by atoms with E-state index in [1.54, 1.807) is 23.2 Å². The molecule has 150 valence electrons. The molecule has 1 aliphatic heterocycles. The summed E-state index contributed by atoms with van der Waals surface area (Å²) in [5, 5.41) is 3.35. The Balaban J connectivity index is 1.59. The molecule has 1 aromatic heterocycles. The van der Waals surface area contributed by atoms with Crippen LogP contribution < -0.4 is 5.32 Å². The normalized spacial score (nSPS) is 14.6. The van der Waals surface area contributed by atoms with Gasteiger partial charge in [0.1, 0.15) is 6.54 Å². The monoisotopic (exact) mass is 402 g/mol. The van der Waals surface area contributed by atoms with Crippen LogP contribution in [0.5, 0.6) is 0 Å². The lowest BCUT2D eigenvalue weighted by Crippen LogP contribution is -2.41. The largest absolute Gasteiger partial charge is 0.379 e. The first-order valence-corrected chi connectivity index (χ1v) is 10.3. The molecule has 2 amide bonds. The van der Waals surface area contributed by atoms with Crippen molar-refractivity contribution in [2.24, 2.45) is 0 Å². The average molecular weight is 403 g/mol. The van der Waals surface area contributed by atoms with Gasteiger partial charge < -0.3 is 15.0 Å². The third kappa shape index (κ3) is 6.12. The highest BCUT2D eigenvalue weighted by atomic mass is 32.1. The molecule has 0 atom stereocenters. The van der Waals surface area contributed by atoms with Gasteiger partial charge in [-0.05, 0) is 25.5 Å². The maximum absolute atomic E-state index is 12.9. The van der Waals surface area contributed by atoms with Crippen molar-refractivity contribution in [3.05, 3.63) is 47.0 Å². The van der Waals surface area contributed by atoms with Crippen LogP contribution in [0, 0.1) is 6.92 Å². The fourth-order valence-electron chi connectivity index (χ4n) is 3.07. The Hall–Kier alpha value is -2.29. The quantitative estimate of drug-likeness (QED) is 0.733. The number of amides is 2. The number of aromatic nitrogens is 1. The Bertz CT molecular complexity index is 775. The van der Waals surface area contributed by atoms with Gasteiger partial charge in [-0.25, -0.2) is 4.98 Å². The smallest absolute Gasteiger partial charge is 0.254 e. The molecule has 28 heavy (non-hydrogen) atoms. The van der Waals surface area contributed by atoms with E-state index in [9.17, 15) is 9.59 Å². The highest BCUT2D eigenvalue weighted by Gasteiger charge is 2.20. The number of rotatable bonds is 8. The van der Waals surface area contributed by atoms with Crippen molar-refractivity contribution >= 4 is 28.3 Å². The van der Waals surface area contributed by atoms with Gasteiger partial charge in [0.15, 0.2) is 5.13 Å². The zero-order valence-electron chi connectivity index (χ0n) is 16.1. The highest BCUT2D eigenvalue weighted by Crippen LogP contribution is 2.16. The molecule has 1 saturated heterocycles. The number of aryl methyl sites for hydroxylation is 1. The first-order valence-electron chi connectivity index (χ1n) is 9.48. The standard InChI is InChI=1S/C20H26N4O3S/c1-16-14-21-20(28-16)22-18(25)15-24(19(26)17-6-3-2-4-7-17)9-5-8-23-10-12-27-13-11-23/h2-4,6-7,14H,5,8-13,15H2,1H3,(H,21,22,25). The maximum Gasteiger partial charge on any atom is 0.254 e. The molecular weight excluding hydrogens is 376 g/mol. The summed E-state index contributed by atoms with van der Waals surface area (Å²) in [7, 11) is 0. The number of carbonyl (C=O) groups excluding carboxylic acids is 2. The van der Waals surface area contributed by atoms with Crippen molar-refractivity contribution in [2.75, 3.05) is 51.3 Å². The van der Waals surface area contributed by atoms with Crippen LogP contribution in [0.15, 0.2) is 36.5 Å². The van der Waals surface area contributed by atoms with E-state index in [0.29, 0.717) is 17.2 Å². The molecule has 0 bridgehead atoms. The van der Waals surface area contributed by atoms with E-state index >= 15 is 0 Å². The van der Waals surface area contributed by atoms with Crippen LogP contribution in [-0.4, -0.2) is 72.5 Å². The summed E-state index contributed by atoms with van der Waals surface area (Å²) in [5.74, 6) is -0.363. The number of morpholine rings is 1. The zero-order valence-corrected chi connectivity index (χ0v) is 16.9. The summed E-state index contributed by atoms with van der Waals surface area (Å²) >= 11 is 1.42. The van der Waals surface area contributed by atoms with Crippen LogP contribution in [0.1, 0.15) is 21.7 Å². The van der Waals surface area contributed by atoms with Gasteiger partial charge in [-0.1, -0.05) is 18.2 Å². The minimum atomic E-state index is -0.231. The summed E-state index contributed by atoms with van der Waals surface area (Å²) in [6, 6.07) is 9.09. The van der Waals surface area contributed by atoms with E-state index in [0.717, 1.165) is 44.1 Å². The molecule has 1 N–H and O–H groups in total. The molecule has 1 aliphatic rings. The number of nitrogens with zero attached hydrogens (tertiary/aromatic N) is 3. The molecule has 1 fully saturated rings. The third-order valence-electron chi connectivity index (χ3n) is 4.52.